The van der Waals surface area contributed by atoms with E-state index in [0.717, 1.165) is 5.56 Å². The van der Waals surface area contributed by atoms with Gasteiger partial charge in [-0.3, -0.25) is 19.2 Å². The van der Waals surface area contributed by atoms with Gasteiger partial charge in [-0.2, -0.15) is 0 Å². The van der Waals surface area contributed by atoms with Gasteiger partial charge in [-0.15, -0.1) is 0 Å². The second kappa shape index (κ2) is 21.3. The van der Waals surface area contributed by atoms with Crippen LogP contribution in [0.1, 0.15) is 97.0 Å². The van der Waals surface area contributed by atoms with Crippen LogP contribution in [-0.2, 0) is 39.8 Å². The minimum atomic E-state index is -0.929. The van der Waals surface area contributed by atoms with Crippen molar-refractivity contribution in [2.24, 2.45) is 17.8 Å². The topological polar surface area (TPSA) is 170 Å². The van der Waals surface area contributed by atoms with E-state index in [9.17, 15) is 24.0 Å². The summed E-state index contributed by atoms with van der Waals surface area (Å²) in [4.78, 5) is 72.2. The molecule has 1 aliphatic rings. The summed E-state index contributed by atoms with van der Waals surface area (Å²) in [6, 6.07) is 13.3. The third kappa shape index (κ3) is 13.0. The van der Waals surface area contributed by atoms with E-state index in [-0.39, 0.29) is 48.3 Å². The Morgan fingerprint density at radius 2 is 1.56 bits per heavy atom. The molecule has 2 aromatic carbocycles. The van der Waals surface area contributed by atoms with Crippen LogP contribution in [0.3, 0.4) is 0 Å². The van der Waals surface area contributed by atoms with E-state index in [4.69, 9.17) is 19.9 Å². The maximum absolute atomic E-state index is 14.3. The molecule has 8 atom stereocenters. The number of nitrogens with zero attached hydrogens (tertiary/aromatic N) is 2. The minimum absolute atomic E-state index is 0.0153. The smallest absolute Gasteiger partial charge is 0.329 e. The average molecular weight is 794 g/mol. The summed E-state index contributed by atoms with van der Waals surface area (Å²) >= 11 is 0. The highest BCUT2D eigenvalue weighted by Crippen LogP contribution is 2.30. The molecule has 0 aromatic heterocycles. The first kappa shape index (κ1) is 46.9. The Bertz CT molecular complexity index is 1630. The molecule has 13 heteroatoms. The van der Waals surface area contributed by atoms with Gasteiger partial charge < -0.3 is 40.4 Å². The highest BCUT2D eigenvalue weighted by atomic mass is 16.6. The summed E-state index contributed by atoms with van der Waals surface area (Å²) in [5.41, 5.74) is 6.84. The number of likely N-dealkylation sites (tertiary alicyclic amines) is 1. The van der Waals surface area contributed by atoms with Gasteiger partial charge in [0.15, 0.2) is 0 Å². The third-order valence-electron chi connectivity index (χ3n) is 10.9. The lowest BCUT2D eigenvalue weighted by Gasteiger charge is -2.40. The van der Waals surface area contributed by atoms with Crippen LogP contribution in [-0.4, -0.2) is 109 Å². The van der Waals surface area contributed by atoms with Crippen molar-refractivity contribution in [3.8, 4) is 0 Å². The van der Waals surface area contributed by atoms with Crippen molar-refractivity contribution in [3.63, 3.8) is 0 Å². The number of nitrogen functional groups attached to an aromatic ring is 1. The van der Waals surface area contributed by atoms with Crippen molar-refractivity contribution >= 4 is 35.3 Å². The van der Waals surface area contributed by atoms with Crippen LogP contribution in [0.4, 0.5) is 5.69 Å². The number of nitrogens with two attached hydrogens (primary N) is 1. The third-order valence-corrected chi connectivity index (χ3v) is 10.9. The molecular weight excluding hydrogens is 727 g/mol. The van der Waals surface area contributed by atoms with Crippen LogP contribution in [0.5, 0.6) is 0 Å². The molecule has 2 aromatic rings. The first-order valence-electron chi connectivity index (χ1n) is 20.2. The summed E-state index contributed by atoms with van der Waals surface area (Å²) in [5.74, 6) is -2.79. The number of anilines is 1. The van der Waals surface area contributed by atoms with Crippen molar-refractivity contribution in [3.05, 3.63) is 65.7 Å². The average Bonchev–Trinajstić information content (AvgIpc) is 3.65. The maximum atomic E-state index is 14.3. The highest BCUT2D eigenvalue weighted by molar-refractivity contribution is 5.98. The largest absolute Gasteiger partial charge is 0.458 e. The van der Waals surface area contributed by atoms with Gasteiger partial charge in [-0.25, -0.2) is 4.79 Å². The molecule has 0 saturated carbocycles. The minimum Gasteiger partial charge on any atom is -0.458 e. The molecule has 4 amide bonds. The lowest BCUT2D eigenvalue weighted by Crippen LogP contribution is -2.58. The predicted octanol–water partition coefficient (Wildman–Crippen LogP) is 5.01. The zero-order chi connectivity index (χ0) is 42.6. The molecule has 316 valence electrons. The van der Waals surface area contributed by atoms with Gasteiger partial charge in [0.1, 0.15) is 17.7 Å². The molecule has 0 bridgehead atoms. The van der Waals surface area contributed by atoms with Crippen LogP contribution in [0.2, 0.25) is 0 Å². The summed E-state index contributed by atoms with van der Waals surface area (Å²) in [5, 5.41) is 5.83. The molecule has 3 rings (SSSR count). The number of nitrogens with one attached hydrogen (secondary N) is 2. The van der Waals surface area contributed by atoms with Gasteiger partial charge in [0.05, 0.1) is 36.6 Å². The molecule has 0 unspecified atom stereocenters. The molecule has 13 nitrogen and oxygen atoms in total. The van der Waals surface area contributed by atoms with E-state index in [1.54, 1.807) is 68.8 Å². The number of methoxy groups -OCH3 is 2. The molecule has 57 heavy (non-hydrogen) atoms. The Kier molecular flexibility index (Phi) is 17.5. The van der Waals surface area contributed by atoms with Gasteiger partial charge in [0, 0.05) is 45.5 Å². The molecule has 1 heterocycles. The van der Waals surface area contributed by atoms with Crippen molar-refractivity contribution in [1.82, 2.24) is 20.4 Å². The number of likely N-dealkylation sites (N-methyl/N-ethyl adjacent to an activating group) is 1. The van der Waals surface area contributed by atoms with Gasteiger partial charge in [0.2, 0.25) is 17.7 Å². The van der Waals surface area contributed by atoms with E-state index in [1.807, 2.05) is 58.0 Å². The van der Waals surface area contributed by atoms with E-state index in [0.29, 0.717) is 37.1 Å². The summed E-state index contributed by atoms with van der Waals surface area (Å²) in [6.07, 6.45) is 0.943. The van der Waals surface area contributed by atoms with Crippen molar-refractivity contribution in [2.75, 3.05) is 33.5 Å². The van der Waals surface area contributed by atoms with Crippen LogP contribution in [0, 0.1) is 17.8 Å². The van der Waals surface area contributed by atoms with Gasteiger partial charge >= 0.3 is 5.97 Å². The lowest BCUT2D eigenvalue weighted by atomic mass is 9.89. The first-order valence-corrected chi connectivity index (χ1v) is 20.2. The number of hydrogen-bond acceptors (Lipinski definition) is 9. The Balaban J connectivity index is 1.79. The summed E-state index contributed by atoms with van der Waals surface area (Å²) in [7, 11) is 4.76. The Hall–Kier alpha value is -4.49. The number of benzene rings is 2. The Morgan fingerprint density at radius 3 is 2.11 bits per heavy atom. The van der Waals surface area contributed by atoms with Crippen molar-refractivity contribution < 1.29 is 38.2 Å². The first-order chi connectivity index (χ1) is 26.8. The number of rotatable bonds is 19. The normalized spacial score (nSPS) is 18.1. The molecule has 4 N–H and O–H groups in total. The standard InChI is InChI=1S/C44H67N5O8/c1-12-28(4)38(48(9)42(53)37(27(2)3)47-41(52)31-20-22-32(45)23-21-31)35(55-10)26-36(50)49-24-16-19-34(49)39(56-11)29(5)40(51)46-33(43(54)57-44(6,7)8)25-30-17-14-13-15-18-30/h13-15,17-18,20-23,27-29,33-35,37-39H,12,16,19,24-26,45H2,1-11H3,(H,46,51)(H,47,52)/t28-,29+,33-,34-,35+,37-,38-,39+/m0/s1. The number of hydrogen-bond donors (Lipinski definition) is 3. The maximum Gasteiger partial charge on any atom is 0.329 e. The quantitative estimate of drug-likeness (QED) is 0.131. The lowest BCUT2D eigenvalue weighted by molar-refractivity contribution is -0.159. The molecule has 1 fully saturated rings. The van der Waals surface area contributed by atoms with Crippen molar-refractivity contribution in [1.29, 1.82) is 0 Å². The summed E-state index contributed by atoms with van der Waals surface area (Å²) in [6.45, 7) is 15.3. The molecule has 0 spiro atoms. The van der Waals surface area contributed by atoms with Crippen LogP contribution < -0.4 is 16.4 Å². The van der Waals surface area contributed by atoms with E-state index in [2.05, 4.69) is 10.6 Å². The number of ether oxygens (including phenoxy) is 3. The predicted molar refractivity (Wildman–Crippen MR) is 221 cm³/mol. The van der Waals surface area contributed by atoms with Gasteiger partial charge in [-0.05, 0) is 75.3 Å². The number of amides is 4. The SMILES string of the molecule is CC[C@H](C)[C@@H]([C@@H](CC(=O)N1CCC[C@H]1[C@H](OC)[C@@H](C)C(=O)N[C@@H](Cc1ccccc1)C(=O)OC(C)(C)C)OC)N(C)C(=O)[C@@H](NC(=O)c1ccc(N)cc1)C(C)C. The highest BCUT2D eigenvalue weighted by Gasteiger charge is 2.43. The molecule has 1 saturated heterocycles. The molecule has 0 radical (unpaired) electrons. The van der Waals surface area contributed by atoms with Crippen LogP contribution >= 0.6 is 0 Å². The fourth-order valence-electron chi connectivity index (χ4n) is 7.62. The monoisotopic (exact) mass is 793 g/mol. The van der Waals surface area contributed by atoms with Crippen molar-refractivity contribution in [2.45, 2.75) is 129 Å². The number of carbonyl (C=O) groups excluding carboxylic acids is 5. The second-order valence-electron chi connectivity index (χ2n) is 16.7. The fraction of sp³-hybridized carbons (Fsp3) is 0.614. The Labute approximate surface area is 339 Å². The van der Waals surface area contributed by atoms with Gasteiger partial charge in [-0.1, -0.05) is 71.4 Å². The Morgan fingerprint density at radius 1 is 0.930 bits per heavy atom. The zero-order valence-corrected chi connectivity index (χ0v) is 35.9. The second-order valence-corrected chi connectivity index (χ2v) is 16.7. The zero-order valence-electron chi connectivity index (χ0n) is 35.9. The van der Waals surface area contributed by atoms with E-state index >= 15 is 0 Å². The van der Waals surface area contributed by atoms with Crippen LogP contribution in [0.25, 0.3) is 0 Å². The molecular formula is C44H67N5O8. The van der Waals surface area contributed by atoms with E-state index in [1.165, 1.54) is 14.2 Å². The number of carbonyl (C=O) groups is 5. The molecule has 0 aliphatic carbocycles. The molecule has 1 aliphatic heterocycles. The van der Waals surface area contributed by atoms with Gasteiger partial charge in [0.25, 0.3) is 5.91 Å². The fourth-order valence-corrected chi connectivity index (χ4v) is 7.62. The van der Waals surface area contributed by atoms with Crippen LogP contribution in [0.15, 0.2) is 54.6 Å². The number of esters is 1. The summed E-state index contributed by atoms with van der Waals surface area (Å²) < 4.78 is 17.7. The van der Waals surface area contributed by atoms with E-state index < -0.39 is 53.9 Å².